The van der Waals surface area contributed by atoms with Gasteiger partial charge in [0.1, 0.15) is 16.9 Å². The quantitative estimate of drug-likeness (QED) is 0.189. The van der Waals surface area contributed by atoms with Crippen molar-refractivity contribution < 1.29 is 26.8 Å². The van der Waals surface area contributed by atoms with Crippen molar-refractivity contribution in [3.05, 3.63) is 118 Å². The molecule has 3 aliphatic rings. The van der Waals surface area contributed by atoms with Gasteiger partial charge < -0.3 is 14.2 Å². The van der Waals surface area contributed by atoms with Crippen LogP contribution in [-0.4, -0.2) is 104 Å². The summed E-state index contributed by atoms with van der Waals surface area (Å²) in [5.41, 5.74) is -1.00. The van der Waals surface area contributed by atoms with Gasteiger partial charge in [-0.1, -0.05) is 20.8 Å². The first-order valence-corrected chi connectivity index (χ1v) is 22.9. The molecule has 0 bridgehead atoms. The standard InChI is InChI=1S/2C14H17N3O3.C8H7N3O2.C7H14O4S/c2*1-3-14(8-20-9-14)7-17-12(18)10-5-4-6-15-11(10)16(2)13(17)19;1-11-6-5(3-2-4-9-6)7(12)10-8(11)13;1-3-7(4-10-5-7)6-11-12(2,8)9/h2*4-6H,3,7-9H2,1-2H3;2-4H,1H3,(H,10,12,13);3-6H2,1-2H3. The first-order valence-electron chi connectivity index (χ1n) is 21.0. The van der Waals surface area contributed by atoms with Crippen LogP contribution in [0, 0.1) is 16.2 Å². The molecule has 6 aromatic rings. The average Bonchev–Trinajstić information content (AvgIpc) is 3.26. The highest BCUT2D eigenvalue weighted by atomic mass is 32.2. The van der Waals surface area contributed by atoms with Gasteiger partial charge in [-0.25, -0.2) is 29.3 Å². The van der Waals surface area contributed by atoms with E-state index in [1.807, 2.05) is 6.92 Å². The Morgan fingerprint density at radius 1 is 0.600 bits per heavy atom. The first-order chi connectivity index (χ1) is 30.8. The van der Waals surface area contributed by atoms with E-state index in [0.29, 0.717) is 85.8 Å². The van der Waals surface area contributed by atoms with Crippen LogP contribution >= 0.6 is 0 Å². The molecular weight excluding hydrogens is 867 g/mol. The molecule has 3 fully saturated rings. The monoisotopic (exact) mass is 921 g/mol. The third-order valence-corrected chi connectivity index (χ3v) is 12.9. The van der Waals surface area contributed by atoms with E-state index < -0.39 is 21.4 Å². The lowest BCUT2D eigenvalue weighted by molar-refractivity contribution is -0.132. The lowest BCUT2D eigenvalue weighted by Gasteiger charge is -2.40. The van der Waals surface area contributed by atoms with E-state index in [0.717, 1.165) is 25.5 Å². The van der Waals surface area contributed by atoms with E-state index in [2.05, 4.69) is 33.8 Å². The molecule has 6 aromatic heterocycles. The smallest absolute Gasteiger partial charge is 0.332 e. The topological polar surface area (TPSA) is 253 Å². The van der Waals surface area contributed by atoms with E-state index in [1.165, 1.54) is 22.8 Å². The molecule has 3 saturated heterocycles. The van der Waals surface area contributed by atoms with E-state index in [-0.39, 0.29) is 45.3 Å². The fourth-order valence-corrected chi connectivity index (χ4v) is 7.88. The number of fused-ring (bicyclic) bond motifs is 3. The number of nitrogens with zero attached hydrogens (tertiary/aromatic N) is 8. The molecule has 0 unspecified atom stereocenters. The third kappa shape index (κ3) is 10.3. The zero-order chi connectivity index (χ0) is 47.3. The summed E-state index contributed by atoms with van der Waals surface area (Å²) >= 11 is 0. The maximum absolute atomic E-state index is 12.5. The van der Waals surface area contributed by atoms with Crippen molar-refractivity contribution in [2.24, 2.45) is 37.4 Å². The van der Waals surface area contributed by atoms with Gasteiger partial charge in [0.15, 0.2) is 0 Å². The minimum atomic E-state index is -3.30. The van der Waals surface area contributed by atoms with E-state index in [9.17, 15) is 37.2 Å². The van der Waals surface area contributed by atoms with Crippen LogP contribution in [0.25, 0.3) is 33.1 Å². The van der Waals surface area contributed by atoms with Crippen molar-refractivity contribution >= 4 is 43.2 Å². The van der Waals surface area contributed by atoms with Crippen LogP contribution in [0.3, 0.4) is 0 Å². The Morgan fingerprint density at radius 2 is 0.969 bits per heavy atom. The zero-order valence-corrected chi connectivity index (χ0v) is 38.4. The number of nitrogens with one attached hydrogen (secondary N) is 1. The number of rotatable bonds is 10. The Morgan fingerprint density at radius 3 is 1.31 bits per heavy atom. The van der Waals surface area contributed by atoms with E-state index in [4.69, 9.17) is 18.4 Å². The average molecular weight is 922 g/mol. The number of aryl methyl sites for hydroxylation is 3. The predicted molar refractivity (Wildman–Crippen MR) is 242 cm³/mol. The summed E-state index contributed by atoms with van der Waals surface area (Å²) in [6.45, 7) is 10.8. The normalized spacial score (nSPS) is 16.7. The van der Waals surface area contributed by atoms with Crippen LogP contribution in [0.2, 0.25) is 0 Å². The summed E-state index contributed by atoms with van der Waals surface area (Å²) in [6.07, 6.45) is 8.43. The summed E-state index contributed by atoms with van der Waals surface area (Å²) in [5.74, 6) is 0. The molecule has 21 nitrogen and oxygen atoms in total. The number of ether oxygens (including phenoxy) is 3. The molecule has 0 atom stereocenters. The minimum Gasteiger partial charge on any atom is -0.380 e. The first kappa shape index (κ1) is 48.5. The number of pyridine rings is 3. The predicted octanol–water partition coefficient (Wildman–Crippen LogP) is 1.05. The minimum absolute atomic E-state index is 0.0525. The molecule has 0 radical (unpaired) electrons. The van der Waals surface area contributed by atoms with Gasteiger partial charge in [0.25, 0.3) is 26.8 Å². The van der Waals surface area contributed by atoms with Gasteiger partial charge in [0.05, 0.1) is 68.7 Å². The second-order valence-electron chi connectivity index (χ2n) is 16.9. The number of aromatic nitrogens is 9. The van der Waals surface area contributed by atoms with Crippen molar-refractivity contribution in [3.8, 4) is 0 Å². The maximum atomic E-state index is 12.5. The zero-order valence-electron chi connectivity index (χ0n) is 37.6. The van der Waals surface area contributed by atoms with Gasteiger partial charge in [-0.15, -0.1) is 0 Å². The highest BCUT2D eigenvalue weighted by molar-refractivity contribution is 7.85. The number of hydrogen-bond donors (Lipinski definition) is 1. The fourth-order valence-electron chi connectivity index (χ4n) is 7.41. The lowest BCUT2D eigenvalue weighted by atomic mass is 9.83. The Labute approximate surface area is 372 Å². The molecule has 0 saturated carbocycles. The second kappa shape index (κ2) is 19.7. The molecule has 1 N–H and O–H groups in total. The van der Waals surface area contributed by atoms with Crippen molar-refractivity contribution in [2.75, 3.05) is 52.5 Å². The van der Waals surface area contributed by atoms with Gasteiger partial charge in [0, 0.05) is 69.1 Å². The molecule has 0 aromatic carbocycles. The van der Waals surface area contributed by atoms with Crippen molar-refractivity contribution in [1.29, 1.82) is 0 Å². The van der Waals surface area contributed by atoms with Crippen molar-refractivity contribution in [2.45, 2.75) is 53.1 Å². The third-order valence-electron chi connectivity index (χ3n) is 12.3. The van der Waals surface area contributed by atoms with Gasteiger partial charge in [0.2, 0.25) is 0 Å². The summed E-state index contributed by atoms with van der Waals surface area (Å²) in [4.78, 5) is 86.5. The van der Waals surface area contributed by atoms with Crippen LogP contribution in [0.5, 0.6) is 0 Å². The Kier molecular flexibility index (Phi) is 14.7. The van der Waals surface area contributed by atoms with Crippen molar-refractivity contribution in [3.63, 3.8) is 0 Å². The maximum Gasteiger partial charge on any atom is 0.332 e. The fraction of sp³-hybridized carbons (Fsp3) is 0.512. The molecule has 65 heavy (non-hydrogen) atoms. The largest absolute Gasteiger partial charge is 0.380 e. The molecule has 22 heteroatoms. The van der Waals surface area contributed by atoms with Gasteiger partial charge in [-0.2, -0.15) is 8.42 Å². The molecule has 3 aliphatic heterocycles. The molecule has 350 valence electrons. The van der Waals surface area contributed by atoms with E-state index >= 15 is 0 Å². The number of hydrogen-bond acceptors (Lipinski definition) is 15. The van der Waals surface area contributed by atoms with Crippen LogP contribution in [0.15, 0.2) is 83.8 Å². The Bertz CT molecular complexity index is 3030. The lowest BCUT2D eigenvalue weighted by Crippen LogP contribution is -2.51. The number of H-pyrrole nitrogens is 1. The van der Waals surface area contributed by atoms with Gasteiger partial charge in [-0.3, -0.25) is 46.4 Å². The Balaban J connectivity index is 0.000000147. The molecule has 0 amide bonds. The van der Waals surface area contributed by atoms with Crippen LogP contribution < -0.4 is 33.7 Å². The molecule has 0 spiro atoms. The molecule has 9 rings (SSSR count). The summed E-state index contributed by atoms with van der Waals surface area (Å²) < 4.78 is 48.4. The SMILES string of the molecule is CCC1(COS(C)(=O)=O)COC1.CCC1(Cn2c(=O)c3cccnc3n(C)c2=O)COC1.CCC1(Cn2c(=O)c3cccnc3n(C)c2=O)COC1.Cn1c(=O)[nH]c(=O)c2cccnc21. The molecule has 9 heterocycles. The van der Waals surface area contributed by atoms with Crippen LogP contribution in [-0.2, 0) is 62.7 Å². The highest BCUT2D eigenvalue weighted by Crippen LogP contribution is 2.34. The van der Waals surface area contributed by atoms with Gasteiger partial charge >= 0.3 is 17.1 Å². The summed E-state index contributed by atoms with van der Waals surface area (Å²) in [5, 5.41) is 1.37. The van der Waals surface area contributed by atoms with Crippen LogP contribution in [0.4, 0.5) is 0 Å². The Hall–Kier alpha value is -5.94. The summed E-state index contributed by atoms with van der Waals surface area (Å²) in [7, 11) is 1.55. The highest BCUT2D eigenvalue weighted by Gasteiger charge is 2.40. The number of aromatic amines is 1. The molecular formula is C43H55N9O12S. The second-order valence-corrected chi connectivity index (χ2v) is 18.6. The van der Waals surface area contributed by atoms with E-state index in [1.54, 1.807) is 76.1 Å². The molecule has 0 aliphatic carbocycles. The summed E-state index contributed by atoms with van der Waals surface area (Å²) in [6, 6.07) is 10.1. The van der Waals surface area contributed by atoms with Crippen molar-refractivity contribution in [1.82, 2.24) is 42.8 Å². The van der Waals surface area contributed by atoms with Gasteiger partial charge in [-0.05, 0) is 55.7 Å². The van der Waals surface area contributed by atoms with Crippen LogP contribution in [0.1, 0.15) is 40.0 Å².